The second-order valence-electron chi connectivity index (χ2n) is 5.46. The van der Waals surface area contributed by atoms with Crippen molar-refractivity contribution in [2.75, 3.05) is 0 Å². The highest BCUT2D eigenvalue weighted by Gasteiger charge is 2.46. The van der Waals surface area contributed by atoms with Crippen molar-refractivity contribution in [1.29, 1.82) is 0 Å². The molecule has 0 atom stereocenters. The molecule has 0 spiro atoms. The zero-order valence-corrected chi connectivity index (χ0v) is 11.5. The Morgan fingerprint density at radius 1 is 1.21 bits per heavy atom. The second-order valence-corrected chi connectivity index (χ2v) is 6.60. The summed E-state index contributed by atoms with van der Waals surface area (Å²) in [5.74, 6) is -1.13. The SMILES string of the molecule is O=C(NC1(C(=O)O)CCC1)c1cc2c(s1)CCCC2. The molecule has 3 rings (SSSR count). The molecule has 4 nitrogen and oxygen atoms in total. The van der Waals surface area contributed by atoms with E-state index in [1.165, 1.54) is 34.6 Å². The van der Waals surface area contributed by atoms with Gasteiger partial charge in [-0.05, 0) is 56.6 Å². The molecule has 1 amide bonds. The molecule has 2 N–H and O–H groups in total. The Hall–Kier alpha value is -1.36. The van der Waals surface area contributed by atoms with Gasteiger partial charge in [0.2, 0.25) is 0 Å². The monoisotopic (exact) mass is 279 g/mol. The largest absolute Gasteiger partial charge is 0.480 e. The van der Waals surface area contributed by atoms with Gasteiger partial charge in [0.25, 0.3) is 5.91 Å². The Kier molecular flexibility index (Phi) is 3.09. The second kappa shape index (κ2) is 4.63. The minimum Gasteiger partial charge on any atom is -0.480 e. The third kappa shape index (κ3) is 2.16. The van der Waals surface area contributed by atoms with Crippen LogP contribution in [-0.4, -0.2) is 22.5 Å². The number of carboxylic acids is 1. The lowest BCUT2D eigenvalue weighted by atomic mass is 9.76. The molecule has 2 aliphatic carbocycles. The fourth-order valence-corrected chi connectivity index (χ4v) is 3.95. The fraction of sp³-hybridized carbons (Fsp3) is 0.571. The number of rotatable bonds is 3. The van der Waals surface area contributed by atoms with Crippen LogP contribution in [0.15, 0.2) is 6.07 Å². The average Bonchev–Trinajstić information content (AvgIpc) is 2.76. The molecule has 0 bridgehead atoms. The van der Waals surface area contributed by atoms with Crippen molar-refractivity contribution in [3.8, 4) is 0 Å². The zero-order chi connectivity index (χ0) is 13.5. The van der Waals surface area contributed by atoms with Crippen LogP contribution in [0, 0.1) is 0 Å². The highest BCUT2D eigenvalue weighted by Crippen LogP contribution is 2.34. The summed E-state index contributed by atoms with van der Waals surface area (Å²) in [6, 6.07) is 1.95. The van der Waals surface area contributed by atoms with Crippen LogP contribution in [0.1, 0.15) is 52.2 Å². The van der Waals surface area contributed by atoms with Gasteiger partial charge < -0.3 is 10.4 Å². The maximum Gasteiger partial charge on any atom is 0.329 e. The summed E-state index contributed by atoms with van der Waals surface area (Å²) < 4.78 is 0. The Labute approximate surface area is 115 Å². The molecular formula is C14H17NO3S. The van der Waals surface area contributed by atoms with Crippen LogP contribution in [0.4, 0.5) is 0 Å². The van der Waals surface area contributed by atoms with Gasteiger partial charge >= 0.3 is 5.97 Å². The highest BCUT2D eigenvalue weighted by atomic mass is 32.1. The molecule has 19 heavy (non-hydrogen) atoms. The lowest BCUT2D eigenvalue weighted by molar-refractivity contribution is -0.148. The van der Waals surface area contributed by atoms with Crippen molar-refractivity contribution in [1.82, 2.24) is 5.32 Å². The van der Waals surface area contributed by atoms with Crippen LogP contribution in [0.25, 0.3) is 0 Å². The number of carboxylic acid groups (broad SMARTS) is 1. The molecule has 1 fully saturated rings. The van der Waals surface area contributed by atoms with Gasteiger partial charge in [0.1, 0.15) is 5.54 Å². The van der Waals surface area contributed by atoms with Crippen molar-refractivity contribution in [2.45, 2.75) is 50.5 Å². The number of carbonyl (C=O) groups is 2. The number of fused-ring (bicyclic) bond motifs is 1. The Balaban J connectivity index is 1.77. The van der Waals surface area contributed by atoms with E-state index in [1.54, 1.807) is 0 Å². The van der Waals surface area contributed by atoms with Crippen molar-refractivity contribution in [2.24, 2.45) is 0 Å². The molecule has 1 heterocycles. The van der Waals surface area contributed by atoms with Crippen molar-refractivity contribution >= 4 is 23.2 Å². The molecule has 0 aromatic carbocycles. The van der Waals surface area contributed by atoms with Gasteiger partial charge in [-0.25, -0.2) is 4.79 Å². The van der Waals surface area contributed by atoms with Gasteiger partial charge in [-0.2, -0.15) is 0 Å². The average molecular weight is 279 g/mol. The summed E-state index contributed by atoms with van der Waals surface area (Å²) in [5, 5.41) is 12.0. The Bertz CT molecular complexity index is 507. The summed E-state index contributed by atoms with van der Waals surface area (Å²) in [6.45, 7) is 0. The van der Waals surface area contributed by atoms with Gasteiger partial charge in [0.05, 0.1) is 4.88 Å². The first-order valence-corrected chi connectivity index (χ1v) is 7.60. The van der Waals surface area contributed by atoms with E-state index >= 15 is 0 Å². The normalized spacial score (nSPS) is 20.2. The molecule has 2 aliphatic rings. The van der Waals surface area contributed by atoms with Crippen molar-refractivity contribution in [3.05, 3.63) is 21.4 Å². The molecule has 1 aromatic rings. The van der Waals surface area contributed by atoms with Gasteiger partial charge in [0.15, 0.2) is 0 Å². The number of carbonyl (C=O) groups excluding carboxylic acids is 1. The van der Waals surface area contributed by atoms with Crippen molar-refractivity contribution in [3.63, 3.8) is 0 Å². The molecule has 0 aliphatic heterocycles. The minimum atomic E-state index is -1.01. The first-order chi connectivity index (χ1) is 9.11. The van der Waals surface area contributed by atoms with Crippen LogP contribution in [0.3, 0.4) is 0 Å². The molecule has 0 unspecified atom stereocenters. The number of aliphatic carboxylic acids is 1. The van der Waals surface area contributed by atoms with Crippen LogP contribution < -0.4 is 5.32 Å². The summed E-state index contributed by atoms with van der Waals surface area (Å²) in [7, 11) is 0. The van der Waals surface area contributed by atoms with E-state index in [4.69, 9.17) is 0 Å². The number of aryl methyl sites for hydroxylation is 2. The quantitative estimate of drug-likeness (QED) is 0.892. The minimum absolute atomic E-state index is 0.221. The topological polar surface area (TPSA) is 66.4 Å². The summed E-state index contributed by atoms with van der Waals surface area (Å²) in [6.07, 6.45) is 6.42. The van der Waals surface area contributed by atoms with E-state index in [2.05, 4.69) is 5.32 Å². The van der Waals surface area contributed by atoms with Gasteiger partial charge in [0, 0.05) is 4.88 Å². The molecule has 1 saturated carbocycles. The van der Waals surface area contributed by atoms with Crippen LogP contribution in [0.5, 0.6) is 0 Å². The number of nitrogens with one attached hydrogen (secondary N) is 1. The summed E-state index contributed by atoms with van der Waals surface area (Å²) in [5.41, 5.74) is 0.265. The van der Waals surface area contributed by atoms with Crippen LogP contribution >= 0.6 is 11.3 Å². The third-order valence-electron chi connectivity index (χ3n) is 4.19. The standard InChI is InChI=1S/C14H17NO3S/c16-12(15-14(13(17)18)6-3-7-14)11-8-9-4-1-2-5-10(9)19-11/h8H,1-7H2,(H,15,16)(H,17,18). The van der Waals surface area contributed by atoms with Gasteiger partial charge in [-0.15, -0.1) is 11.3 Å². The van der Waals surface area contributed by atoms with E-state index in [1.807, 2.05) is 6.07 Å². The van der Waals surface area contributed by atoms with E-state index in [0.717, 1.165) is 19.3 Å². The van der Waals surface area contributed by atoms with E-state index in [-0.39, 0.29) is 5.91 Å². The molecule has 5 heteroatoms. The maximum absolute atomic E-state index is 12.2. The highest BCUT2D eigenvalue weighted by molar-refractivity contribution is 7.14. The van der Waals surface area contributed by atoms with E-state index in [9.17, 15) is 14.7 Å². The molecule has 0 radical (unpaired) electrons. The predicted molar refractivity (Wildman–Crippen MR) is 72.6 cm³/mol. The molecule has 1 aromatic heterocycles. The first-order valence-electron chi connectivity index (χ1n) is 6.78. The number of amides is 1. The number of hydrogen-bond acceptors (Lipinski definition) is 3. The maximum atomic E-state index is 12.2. The first kappa shape index (κ1) is 12.7. The number of thiophene rings is 1. The van der Waals surface area contributed by atoms with Gasteiger partial charge in [-0.3, -0.25) is 4.79 Å². The lowest BCUT2D eigenvalue weighted by Gasteiger charge is -2.38. The number of hydrogen-bond donors (Lipinski definition) is 2. The summed E-state index contributed by atoms with van der Waals surface area (Å²) >= 11 is 1.53. The summed E-state index contributed by atoms with van der Waals surface area (Å²) in [4.78, 5) is 25.4. The molecule has 102 valence electrons. The zero-order valence-electron chi connectivity index (χ0n) is 10.7. The van der Waals surface area contributed by atoms with Crippen LogP contribution in [-0.2, 0) is 17.6 Å². The Morgan fingerprint density at radius 3 is 2.53 bits per heavy atom. The van der Waals surface area contributed by atoms with Crippen LogP contribution in [0.2, 0.25) is 0 Å². The molecule has 0 saturated heterocycles. The van der Waals surface area contributed by atoms with Crippen molar-refractivity contribution < 1.29 is 14.7 Å². The lowest BCUT2D eigenvalue weighted by Crippen LogP contribution is -2.59. The predicted octanol–water partition coefficient (Wildman–Crippen LogP) is 2.36. The van der Waals surface area contributed by atoms with Gasteiger partial charge in [-0.1, -0.05) is 0 Å². The van der Waals surface area contributed by atoms with E-state index < -0.39 is 11.5 Å². The third-order valence-corrected chi connectivity index (χ3v) is 5.43. The van der Waals surface area contributed by atoms with E-state index in [0.29, 0.717) is 17.7 Å². The molecular weight excluding hydrogens is 262 g/mol. The fourth-order valence-electron chi connectivity index (χ4n) is 2.80. The smallest absolute Gasteiger partial charge is 0.329 e. The Morgan fingerprint density at radius 2 is 1.95 bits per heavy atom.